The molecule has 8 heavy (non-hydrogen) atoms. The average Bonchev–Trinajstić information content (AvgIpc) is 1.69. The molecular weight excluding hydrogens is 143 g/mol. The van der Waals surface area contributed by atoms with Gasteiger partial charge in [-0.15, -0.1) is 0 Å². The minimum absolute atomic E-state index is 0. The summed E-state index contributed by atoms with van der Waals surface area (Å²) in [5, 5.41) is 2.61. The van der Waals surface area contributed by atoms with Crippen molar-refractivity contribution in [3.05, 3.63) is 0 Å². The molecule has 0 aromatic heterocycles. The molecule has 0 aromatic rings. The van der Waals surface area contributed by atoms with Gasteiger partial charge < -0.3 is 0 Å². The molecule has 0 saturated carbocycles. The summed E-state index contributed by atoms with van der Waals surface area (Å²) < 4.78 is 0. The molecule has 0 radical (unpaired) electrons. The zero-order valence-corrected chi connectivity index (χ0v) is 6.07. The summed E-state index contributed by atoms with van der Waals surface area (Å²) in [6.45, 7) is 4.43. The second kappa shape index (κ2) is 11.0. The quantitative estimate of drug-likeness (QED) is 0.433. The van der Waals surface area contributed by atoms with E-state index in [1.165, 1.54) is 23.5 Å². The third kappa shape index (κ3) is 10.2. The first kappa shape index (κ1) is 11.9. The van der Waals surface area contributed by atoms with Gasteiger partial charge in [0.15, 0.2) is 0 Å². The van der Waals surface area contributed by atoms with Crippen LogP contribution in [-0.4, -0.2) is 18.9 Å². The minimum atomic E-state index is 0. The molecule has 51 valence electrons. The second-order valence-electron chi connectivity index (χ2n) is 1.37. The fraction of sp³-hybridized carbons (Fsp3) is 1.00. The molecule has 2 heteroatoms. The van der Waals surface area contributed by atoms with Crippen LogP contribution in [-0.2, 0) is 15.0 Å². The van der Waals surface area contributed by atoms with Crippen LogP contribution >= 0.6 is 0 Å². The molecular formula is C6H15CuLi. The third-order valence-electron chi connectivity index (χ3n) is 0.718. The normalized spacial score (nSPS) is 8.75. The van der Waals surface area contributed by atoms with Gasteiger partial charge in [0.1, 0.15) is 0 Å². The average molecular weight is 158 g/mol. The third-order valence-corrected chi connectivity index (χ3v) is 1.85. The van der Waals surface area contributed by atoms with Gasteiger partial charge in [0.25, 0.3) is 0 Å². The maximum absolute atomic E-state index is 2.23. The Morgan fingerprint density at radius 2 is 1.88 bits per heavy atom. The van der Waals surface area contributed by atoms with Crippen LogP contribution in [0.4, 0.5) is 0 Å². The fourth-order valence-corrected chi connectivity index (χ4v) is 1.19. The molecule has 0 rings (SSSR count). The number of hydrogen-bond acceptors (Lipinski definition) is 0. The van der Waals surface area contributed by atoms with Gasteiger partial charge in [-0.05, 0) is 0 Å². The summed E-state index contributed by atoms with van der Waals surface area (Å²) in [4.78, 5) is 0. The van der Waals surface area contributed by atoms with Gasteiger partial charge in [-0.1, -0.05) is 0 Å². The second-order valence-corrected chi connectivity index (χ2v) is 2.98. The molecule has 0 aliphatic carbocycles. The van der Waals surface area contributed by atoms with E-state index in [0.717, 1.165) is 0 Å². The maximum atomic E-state index is 2.23. The molecule has 0 aliphatic rings. The zero-order valence-electron chi connectivity index (χ0n) is 5.13. The van der Waals surface area contributed by atoms with E-state index >= 15 is 0 Å². The van der Waals surface area contributed by atoms with Crippen LogP contribution in [0.15, 0.2) is 0 Å². The molecule has 0 saturated heterocycles. The summed E-state index contributed by atoms with van der Waals surface area (Å²) in [7, 11) is 0. The Labute approximate surface area is 71.1 Å². The first-order chi connectivity index (χ1) is 3.41. The first-order valence-corrected chi connectivity index (χ1v) is 4.17. The Morgan fingerprint density at radius 3 is 2.25 bits per heavy atom. The SMILES string of the molecule is CCC[CH2][Cu][CH2]C.[LiH]. The predicted octanol–water partition coefficient (Wildman–Crippen LogP) is 2.08. The number of hydrogen-bond donors (Lipinski definition) is 0. The van der Waals surface area contributed by atoms with Crippen molar-refractivity contribution in [2.45, 2.75) is 37.3 Å². The summed E-state index contributed by atoms with van der Waals surface area (Å²) in [6.07, 6.45) is 2.72. The summed E-state index contributed by atoms with van der Waals surface area (Å²) in [6, 6.07) is 0. The molecule has 0 fully saturated rings. The topological polar surface area (TPSA) is 0 Å². The Kier molecular flexibility index (Phi) is 16.3. The summed E-state index contributed by atoms with van der Waals surface area (Å²) in [5.41, 5.74) is 0. The molecule has 0 heterocycles. The molecule has 0 aromatic carbocycles. The van der Waals surface area contributed by atoms with E-state index in [0.29, 0.717) is 0 Å². The van der Waals surface area contributed by atoms with Gasteiger partial charge in [0.2, 0.25) is 0 Å². The van der Waals surface area contributed by atoms with Crippen LogP contribution in [0.3, 0.4) is 0 Å². The van der Waals surface area contributed by atoms with Crippen molar-refractivity contribution >= 4 is 18.9 Å². The molecule has 0 aliphatic heterocycles. The molecule has 0 unspecified atom stereocenters. The first-order valence-electron chi connectivity index (χ1n) is 2.84. The van der Waals surface area contributed by atoms with Crippen molar-refractivity contribution in [3.8, 4) is 0 Å². The van der Waals surface area contributed by atoms with Crippen LogP contribution in [0.25, 0.3) is 0 Å². The monoisotopic (exact) mass is 157 g/mol. The van der Waals surface area contributed by atoms with E-state index in [4.69, 9.17) is 0 Å². The van der Waals surface area contributed by atoms with Crippen LogP contribution in [0.1, 0.15) is 26.7 Å². The van der Waals surface area contributed by atoms with Gasteiger partial charge in [-0.3, -0.25) is 0 Å². The Bertz CT molecular complexity index is 27.7. The van der Waals surface area contributed by atoms with Crippen molar-refractivity contribution in [1.82, 2.24) is 0 Å². The Hall–Kier alpha value is 1.12. The zero-order chi connectivity index (χ0) is 5.54. The van der Waals surface area contributed by atoms with Crippen LogP contribution in [0.2, 0.25) is 10.6 Å². The number of unbranched alkanes of at least 4 members (excludes halogenated alkanes) is 1. The molecule has 0 spiro atoms. The Balaban J connectivity index is 0. The van der Waals surface area contributed by atoms with Gasteiger partial charge in [-0.25, -0.2) is 0 Å². The van der Waals surface area contributed by atoms with Crippen molar-refractivity contribution in [1.29, 1.82) is 0 Å². The van der Waals surface area contributed by atoms with Crippen LogP contribution < -0.4 is 0 Å². The van der Waals surface area contributed by atoms with Gasteiger partial charge in [0, 0.05) is 0 Å². The van der Waals surface area contributed by atoms with E-state index in [1.807, 2.05) is 0 Å². The van der Waals surface area contributed by atoms with Crippen molar-refractivity contribution < 1.29 is 15.0 Å². The molecule has 0 nitrogen and oxygen atoms in total. The summed E-state index contributed by atoms with van der Waals surface area (Å²) in [5.74, 6) is 0. The van der Waals surface area contributed by atoms with Gasteiger partial charge in [0.05, 0.1) is 0 Å². The van der Waals surface area contributed by atoms with Crippen molar-refractivity contribution in [3.63, 3.8) is 0 Å². The van der Waals surface area contributed by atoms with Crippen LogP contribution in [0.5, 0.6) is 0 Å². The van der Waals surface area contributed by atoms with E-state index in [2.05, 4.69) is 28.8 Å². The molecule has 0 amide bonds. The standard InChI is InChI=1S/C4H9.C2H5.Cu.Li.H/c1-3-4-2;1-2;;;/h1,3-4H2,2H3;1H2,2H3;;;. The van der Waals surface area contributed by atoms with Crippen LogP contribution in [0, 0.1) is 0 Å². The van der Waals surface area contributed by atoms with E-state index in [-0.39, 0.29) is 18.9 Å². The molecule has 0 bridgehead atoms. The fourth-order valence-electron chi connectivity index (χ4n) is 0.289. The molecule has 0 N–H and O–H groups in total. The number of rotatable bonds is 4. The van der Waals surface area contributed by atoms with Gasteiger partial charge in [-0.2, -0.15) is 0 Å². The predicted molar refractivity (Wildman–Crippen MR) is 37.3 cm³/mol. The Morgan fingerprint density at radius 1 is 1.25 bits per heavy atom. The molecule has 0 atom stereocenters. The van der Waals surface area contributed by atoms with E-state index in [1.54, 1.807) is 0 Å². The summed E-state index contributed by atoms with van der Waals surface area (Å²) >= 11 is 2.11. The van der Waals surface area contributed by atoms with E-state index in [9.17, 15) is 0 Å². The van der Waals surface area contributed by atoms with Crippen molar-refractivity contribution in [2.24, 2.45) is 0 Å². The van der Waals surface area contributed by atoms with E-state index < -0.39 is 0 Å². The van der Waals surface area contributed by atoms with Crippen molar-refractivity contribution in [2.75, 3.05) is 0 Å². The van der Waals surface area contributed by atoms with Gasteiger partial charge >= 0.3 is 71.1 Å².